The molecule has 1 aromatic carbocycles. The average Bonchev–Trinajstić information content (AvgIpc) is 2.33. The van der Waals surface area contributed by atoms with Gasteiger partial charge in [0.1, 0.15) is 0 Å². The third kappa shape index (κ3) is 7.22. The number of carbonyl (C=O) groups is 1. The molecular formula is C15H19Cl2NOS. The van der Waals surface area contributed by atoms with E-state index < -0.39 is 0 Å². The van der Waals surface area contributed by atoms with Gasteiger partial charge in [0.15, 0.2) is 0 Å². The molecule has 1 amide bonds. The first-order chi connectivity index (χ1) is 9.28. The molecule has 1 rings (SSSR count). The average molecular weight is 332 g/mol. The number of nitrogens with one attached hydrogen (secondary N) is 1. The van der Waals surface area contributed by atoms with Crippen LogP contribution in [0.2, 0.25) is 10.0 Å². The molecule has 2 nitrogen and oxygen atoms in total. The number of thioether (sulfide) groups is 1. The fourth-order valence-corrected chi connectivity index (χ4v) is 2.60. The van der Waals surface area contributed by atoms with E-state index in [1.165, 1.54) is 11.8 Å². The maximum atomic E-state index is 11.6. The minimum atomic E-state index is -0.0744. The van der Waals surface area contributed by atoms with E-state index in [1.54, 1.807) is 17.6 Å². The molecule has 0 aromatic heterocycles. The molecule has 0 bridgehead atoms. The van der Waals surface area contributed by atoms with Crippen molar-refractivity contribution in [3.63, 3.8) is 0 Å². The smallest absolute Gasteiger partial charge is 0.244 e. The first-order valence-electron chi connectivity index (χ1n) is 6.28. The van der Waals surface area contributed by atoms with E-state index in [0.717, 1.165) is 5.56 Å². The lowest BCUT2D eigenvalue weighted by molar-refractivity contribution is -0.116. The molecule has 1 N–H and O–H groups in total. The standard InChI is InChI=1S/C15H19Cl2NOS/c1-15(2,3)10-18-14(19)6-7-20-9-11-4-5-12(16)8-13(11)17/h4-8H,9-10H2,1-3H3,(H,18,19)/b7-6-. The van der Waals surface area contributed by atoms with E-state index in [0.29, 0.717) is 22.3 Å². The number of benzene rings is 1. The van der Waals surface area contributed by atoms with Gasteiger partial charge in [0.2, 0.25) is 5.91 Å². The van der Waals surface area contributed by atoms with Crippen molar-refractivity contribution in [2.45, 2.75) is 26.5 Å². The Kier molecular flexibility index (Phi) is 6.93. The SMILES string of the molecule is CC(C)(C)CNC(=O)/C=C\SCc1ccc(Cl)cc1Cl. The van der Waals surface area contributed by atoms with Crippen molar-refractivity contribution >= 4 is 40.9 Å². The molecule has 0 spiro atoms. The lowest BCUT2D eigenvalue weighted by Gasteiger charge is -2.17. The Morgan fingerprint density at radius 3 is 2.65 bits per heavy atom. The number of carbonyl (C=O) groups excluding carboxylic acids is 1. The van der Waals surface area contributed by atoms with Crippen LogP contribution in [0.25, 0.3) is 0 Å². The van der Waals surface area contributed by atoms with Crippen molar-refractivity contribution in [3.8, 4) is 0 Å². The van der Waals surface area contributed by atoms with Crippen molar-refractivity contribution in [3.05, 3.63) is 45.3 Å². The zero-order valence-electron chi connectivity index (χ0n) is 11.9. The molecule has 0 saturated heterocycles. The van der Waals surface area contributed by atoms with Crippen molar-refractivity contribution in [2.75, 3.05) is 6.54 Å². The third-order valence-electron chi connectivity index (χ3n) is 2.36. The summed E-state index contributed by atoms with van der Waals surface area (Å²) in [6, 6.07) is 5.42. The molecule has 0 radical (unpaired) electrons. The van der Waals surface area contributed by atoms with Crippen LogP contribution in [0.15, 0.2) is 29.7 Å². The minimum absolute atomic E-state index is 0.0744. The Morgan fingerprint density at radius 1 is 1.35 bits per heavy atom. The highest BCUT2D eigenvalue weighted by atomic mass is 35.5. The van der Waals surface area contributed by atoms with Crippen LogP contribution in [-0.2, 0) is 10.5 Å². The maximum absolute atomic E-state index is 11.6. The van der Waals surface area contributed by atoms with Gasteiger partial charge in [0, 0.05) is 28.4 Å². The topological polar surface area (TPSA) is 29.1 Å². The van der Waals surface area contributed by atoms with E-state index >= 15 is 0 Å². The molecule has 0 aliphatic carbocycles. The van der Waals surface area contributed by atoms with E-state index in [2.05, 4.69) is 26.1 Å². The summed E-state index contributed by atoms with van der Waals surface area (Å²) in [6.07, 6.45) is 1.54. The van der Waals surface area contributed by atoms with E-state index in [1.807, 2.05) is 12.1 Å². The van der Waals surface area contributed by atoms with Crippen molar-refractivity contribution in [1.82, 2.24) is 5.32 Å². The third-order valence-corrected chi connectivity index (χ3v) is 3.76. The molecule has 0 atom stereocenters. The zero-order valence-corrected chi connectivity index (χ0v) is 14.2. The first-order valence-corrected chi connectivity index (χ1v) is 8.08. The lowest BCUT2D eigenvalue weighted by Crippen LogP contribution is -2.30. The van der Waals surface area contributed by atoms with Gasteiger partial charge in [-0.05, 0) is 28.5 Å². The second-order valence-electron chi connectivity index (χ2n) is 5.63. The molecule has 0 heterocycles. The van der Waals surface area contributed by atoms with Gasteiger partial charge in [-0.3, -0.25) is 4.79 Å². The number of hydrogen-bond acceptors (Lipinski definition) is 2. The van der Waals surface area contributed by atoms with Gasteiger partial charge in [-0.25, -0.2) is 0 Å². The molecule has 0 fully saturated rings. The molecule has 1 aromatic rings. The van der Waals surface area contributed by atoms with Crippen LogP contribution in [0.1, 0.15) is 26.3 Å². The Balaban J connectivity index is 2.36. The van der Waals surface area contributed by atoms with Gasteiger partial charge in [-0.1, -0.05) is 50.0 Å². The predicted octanol–water partition coefficient (Wildman–Crippen LogP) is 4.90. The molecule has 110 valence electrons. The summed E-state index contributed by atoms with van der Waals surface area (Å²) in [5, 5.41) is 5.91. The second-order valence-corrected chi connectivity index (χ2v) is 7.37. The molecule has 0 saturated carbocycles. The number of rotatable bonds is 5. The van der Waals surface area contributed by atoms with Gasteiger partial charge in [-0.2, -0.15) is 0 Å². The molecule has 0 unspecified atom stereocenters. The molecule has 20 heavy (non-hydrogen) atoms. The Morgan fingerprint density at radius 2 is 2.05 bits per heavy atom. The normalized spacial score (nSPS) is 11.8. The van der Waals surface area contributed by atoms with Crippen molar-refractivity contribution in [2.24, 2.45) is 5.41 Å². The summed E-state index contributed by atoms with van der Waals surface area (Å²) < 4.78 is 0. The van der Waals surface area contributed by atoms with E-state index in [4.69, 9.17) is 23.2 Å². The summed E-state index contributed by atoms with van der Waals surface area (Å²) >= 11 is 13.4. The van der Waals surface area contributed by atoms with E-state index in [-0.39, 0.29) is 11.3 Å². The number of amides is 1. The molecule has 0 aliphatic rings. The summed E-state index contributed by atoms with van der Waals surface area (Å²) in [6.45, 7) is 6.89. The highest BCUT2D eigenvalue weighted by molar-refractivity contribution is 8.01. The van der Waals surface area contributed by atoms with Gasteiger partial charge >= 0.3 is 0 Å². The van der Waals surface area contributed by atoms with Crippen LogP contribution in [0.5, 0.6) is 0 Å². The quantitative estimate of drug-likeness (QED) is 0.777. The highest BCUT2D eigenvalue weighted by Gasteiger charge is 2.10. The van der Waals surface area contributed by atoms with Crippen LogP contribution < -0.4 is 5.32 Å². The number of hydrogen-bond donors (Lipinski definition) is 1. The van der Waals surface area contributed by atoms with Crippen LogP contribution in [0.3, 0.4) is 0 Å². The van der Waals surface area contributed by atoms with Gasteiger partial charge in [0.05, 0.1) is 0 Å². The molecule has 5 heteroatoms. The molecular weight excluding hydrogens is 313 g/mol. The lowest BCUT2D eigenvalue weighted by atomic mass is 9.97. The van der Waals surface area contributed by atoms with Crippen LogP contribution >= 0.6 is 35.0 Å². The van der Waals surface area contributed by atoms with Gasteiger partial charge < -0.3 is 5.32 Å². The largest absolute Gasteiger partial charge is 0.352 e. The Bertz CT molecular complexity index is 495. The van der Waals surface area contributed by atoms with Crippen LogP contribution in [-0.4, -0.2) is 12.5 Å². The van der Waals surface area contributed by atoms with E-state index in [9.17, 15) is 4.79 Å². The Labute approximate surface area is 134 Å². The summed E-state index contributed by atoms with van der Waals surface area (Å²) in [5.41, 5.74) is 1.09. The monoisotopic (exact) mass is 331 g/mol. The fourth-order valence-electron chi connectivity index (χ4n) is 1.30. The van der Waals surface area contributed by atoms with Crippen LogP contribution in [0, 0.1) is 5.41 Å². The van der Waals surface area contributed by atoms with Gasteiger partial charge in [-0.15, -0.1) is 11.8 Å². The highest BCUT2D eigenvalue weighted by Crippen LogP contribution is 2.24. The summed E-state index contributed by atoms with van der Waals surface area (Å²) in [7, 11) is 0. The zero-order chi connectivity index (χ0) is 15.2. The minimum Gasteiger partial charge on any atom is -0.352 e. The summed E-state index contributed by atoms with van der Waals surface area (Å²) in [5.74, 6) is 0.633. The number of halogens is 2. The maximum Gasteiger partial charge on any atom is 0.244 e. The van der Waals surface area contributed by atoms with Gasteiger partial charge in [0.25, 0.3) is 0 Å². The fraction of sp³-hybridized carbons (Fsp3) is 0.400. The van der Waals surface area contributed by atoms with Crippen LogP contribution in [0.4, 0.5) is 0 Å². The predicted molar refractivity (Wildman–Crippen MR) is 89.4 cm³/mol. The van der Waals surface area contributed by atoms with Crippen molar-refractivity contribution in [1.29, 1.82) is 0 Å². The second kappa shape index (κ2) is 7.96. The Hall–Kier alpha value is -0.640. The first kappa shape index (κ1) is 17.4. The molecule has 0 aliphatic heterocycles. The van der Waals surface area contributed by atoms with Crippen molar-refractivity contribution < 1.29 is 4.79 Å². The summed E-state index contributed by atoms with van der Waals surface area (Å²) in [4.78, 5) is 11.6.